The van der Waals surface area contributed by atoms with E-state index in [9.17, 15) is 9.59 Å². The van der Waals surface area contributed by atoms with E-state index in [-0.39, 0.29) is 18.5 Å². The fourth-order valence-electron chi connectivity index (χ4n) is 2.85. The molecule has 3 amide bonds. The second-order valence-electron chi connectivity index (χ2n) is 5.38. The summed E-state index contributed by atoms with van der Waals surface area (Å²) in [6, 6.07) is 0.0320. The van der Waals surface area contributed by atoms with Gasteiger partial charge >= 0.3 is 6.03 Å². The van der Waals surface area contributed by atoms with E-state index in [0.717, 1.165) is 25.7 Å². The van der Waals surface area contributed by atoms with Gasteiger partial charge in [0.25, 0.3) is 0 Å². The minimum absolute atomic E-state index is 0.126. The number of carbonyl (C=O) groups excluding carboxylic acids is 2. The van der Waals surface area contributed by atoms with Crippen molar-refractivity contribution < 1.29 is 9.59 Å². The van der Waals surface area contributed by atoms with Crippen molar-refractivity contribution >= 4 is 23.3 Å². The van der Waals surface area contributed by atoms with Gasteiger partial charge < -0.3 is 10.6 Å². The van der Waals surface area contributed by atoms with Crippen LogP contribution in [0.3, 0.4) is 0 Å². The van der Waals surface area contributed by atoms with Crippen molar-refractivity contribution in [2.24, 2.45) is 0 Å². The molecule has 21 heavy (non-hydrogen) atoms. The average Bonchev–Trinajstić information content (AvgIpc) is 3.05. The molecular weight excluding hydrogens is 288 g/mol. The van der Waals surface area contributed by atoms with Crippen LogP contribution in [-0.2, 0) is 17.6 Å². The van der Waals surface area contributed by atoms with Gasteiger partial charge in [-0.05, 0) is 25.7 Å². The Hall–Kier alpha value is -1.47. The standard InChI is InChI=1S/C14H20N4O2S/c1-2-11-17-10-5-3-4-9(13(10)21-11)15-6-7-18-12(19)8-16-14(18)20/h9,15H,2-8H2,1H3,(H,16,20). The number of nitrogens with one attached hydrogen (secondary N) is 2. The number of thiazole rings is 1. The highest BCUT2D eigenvalue weighted by molar-refractivity contribution is 7.11. The lowest BCUT2D eigenvalue weighted by Crippen LogP contribution is -2.38. The topological polar surface area (TPSA) is 74.3 Å². The van der Waals surface area contributed by atoms with Crippen LogP contribution in [0.2, 0.25) is 0 Å². The van der Waals surface area contributed by atoms with E-state index in [4.69, 9.17) is 0 Å². The second kappa shape index (κ2) is 6.11. The van der Waals surface area contributed by atoms with Crippen molar-refractivity contribution in [1.29, 1.82) is 0 Å². The summed E-state index contributed by atoms with van der Waals surface area (Å²) >= 11 is 1.79. The molecule has 1 saturated heterocycles. The van der Waals surface area contributed by atoms with Gasteiger partial charge in [-0.1, -0.05) is 6.92 Å². The van der Waals surface area contributed by atoms with Gasteiger partial charge in [0.1, 0.15) is 0 Å². The Morgan fingerprint density at radius 1 is 1.48 bits per heavy atom. The first-order valence-electron chi connectivity index (χ1n) is 7.49. The Balaban J connectivity index is 1.58. The van der Waals surface area contributed by atoms with Crippen LogP contribution in [0.25, 0.3) is 0 Å². The normalized spacial score (nSPS) is 21.6. The molecule has 1 fully saturated rings. The van der Waals surface area contributed by atoms with Gasteiger partial charge in [-0.25, -0.2) is 9.78 Å². The van der Waals surface area contributed by atoms with Crippen molar-refractivity contribution in [2.45, 2.75) is 38.6 Å². The number of amides is 3. The van der Waals surface area contributed by atoms with Gasteiger partial charge in [-0.15, -0.1) is 11.3 Å². The van der Waals surface area contributed by atoms with Gasteiger partial charge in [0.05, 0.1) is 17.2 Å². The Morgan fingerprint density at radius 3 is 3.05 bits per heavy atom. The lowest BCUT2D eigenvalue weighted by molar-refractivity contribution is -0.124. The van der Waals surface area contributed by atoms with E-state index in [2.05, 4.69) is 22.5 Å². The summed E-state index contributed by atoms with van der Waals surface area (Å²) in [5.74, 6) is -0.141. The molecule has 0 bridgehead atoms. The fourth-order valence-corrected chi connectivity index (χ4v) is 4.01. The molecule has 1 aromatic rings. The predicted octanol–water partition coefficient (Wildman–Crippen LogP) is 1.22. The first-order valence-corrected chi connectivity index (χ1v) is 8.30. The molecule has 2 aliphatic rings. The minimum atomic E-state index is -0.280. The molecule has 3 rings (SSSR count). The minimum Gasteiger partial charge on any atom is -0.329 e. The zero-order valence-electron chi connectivity index (χ0n) is 12.1. The first-order chi connectivity index (χ1) is 10.2. The highest BCUT2D eigenvalue weighted by atomic mass is 32.1. The van der Waals surface area contributed by atoms with Gasteiger partial charge in [-0.2, -0.15) is 0 Å². The number of aryl methyl sites for hydroxylation is 2. The van der Waals surface area contributed by atoms with E-state index < -0.39 is 0 Å². The lowest BCUT2D eigenvalue weighted by atomic mass is 9.98. The van der Waals surface area contributed by atoms with E-state index in [1.54, 1.807) is 11.3 Å². The molecule has 2 N–H and O–H groups in total. The Morgan fingerprint density at radius 2 is 2.33 bits per heavy atom. The summed E-state index contributed by atoms with van der Waals surface area (Å²) in [5, 5.41) is 7.21. The molecule has 6 nitrogen and oxygen atoms in total. The van der Waals surface area contributed by atoms with Crippen LogP contribution in [0.15, 0.2) is 0 Å². The Bertz CT molecular complexity index is 541. The number of hydrogen-bond acceptors (Lipinski definition) is 5. The zero-order chi connectivity index (χ0) is 14.8. The highest BCUT2D eigenvalue weighted by Gasteiger charge is 2.29. The van der Waals surface area contributed by atoms with Crippen LogP contribution in [-0.4, -0.2) is 41.5 Å². The molecule has 114 valence electrons. The average molecular weight is 308 g/mol. The molecule has 1 aliphatic carbocycles. The molecule has 1 aromatic heterocycles. The molecule has 0 radical (unpaired) electrons. The number of aromatic nitrogens is 1. The number of imide groups is 1. The van der Waals surface area contributed by atoms with Crippen molar-refractivity contribution in [3.05, 3.63) is 15.6 Å². The molecule has 1 aliphatic heterocycles. The van der Waals surface area contributed by atoms with Crippen molar-refractivity contribution in [3.8, 4) is 0 Å². The number of fused-ring (bicyclic) bond motifs is 1. The van der Waals surface area contributed by atoms with E-state index in [1.807, 2.05) is 0 Å². The van der Waals surface area contributed by atoms with E-state index >= 15 is 0 Å². The lowest BCUT2D eigenvalue weighted by Gasteiger charge is -2.23. The third-order valence-electron chi connectivity index (χ3n) is 3.96. The maximum atomic E-state index is 11.5. The van der Waals surface area contributed by atoms with Gasteiger partial charge in [0, 0.05) is 24.0 Å². The molecule has 0 spiro atoms. The zero-order valence-corrected chi connectivity index (χ0v) is 13.0. The molecule has 2 heterocycles. The molecule has 1 unspecified atom stereocenters. The van der Waals surface area contributed by atoms with E-state index in [0.29, 0.717) is 19.1 Å². The van der Waals surface area contributed by atoms with E-state index in [1.165, 1.54) is 20.5 Å². The van der Waals surface area contributed by atoms with Gasteiger partial charge in [0.15, 0.2) is 0 Å². The van der Waals surface area contributed by atoms with Crippen LogP contribution in [0, 0.1) is 0 Å². The molecule has 1 atom stereocenters. The predicted molar refractivity (Wildman–Crippen MR) is 80.3 cm³/mol. The second-order valence-corrected chi connectivity index (χ2v) is 6.49. The number of nitrogens with zero attached hydrogens (tertiary/aromatic N) is 2. The highest BCUT2D eigenvalue weighted by Crippen LogP contribution is 2.34. The number of carbonyl (C=O) groups is 2. The Kier molecular flexibility index (Phi) is 4.21. The summed E-state index contributed by atoms with van der Waals surface area (Å²) in [7, 11) is 0. The molecule has 0 saturated carbocycles. The SMILES string of the molecule is CCc1nc2c(s1)C(NCCN1C(=O)CNC1=O)CCC2. The summed E-state index contributed by atoms with van der Waals surface area (Å²) in [6.45, 7) is 3.31. The maximum absolute atomic E-state index is 11.5. The number of rotatable bonds is 5. The van der Waals surface area contributed by atoms with Crippen LogP contribution < -0.4 is 10.6 Å². The van der Waals surface area contributed by atoms with Crippen LogP contribution in [0.4, 0.5) is 4.79 Å². The third kappa shape index (κ3) is 2.94. The number of urea groups is 1. The fraction of sp³-hybridized carbons (Fsp3) is 0.643. The van der Waals surface area contributed by atoms with Gasteiger partial charge in [0.2, 0.25) is 5.91 Å². The quantitative estimate of drug-likeness (QED) is 0.802. The maximum Gasteiger partial charge on any atom is 0.324 e. The molecular formula is C14H20N4O2S. The Labute approximate surface area is 127 Å². The molecule has 7 heteroatoms. The third-order valence-corrected chi connectivity index (χ3v) is 5.32. The molecule has 0 aromatic carbocycles. The summed E-state index contributed by atoms with van der Waals surface area (Å²) in [4.78, 5) is 30.3. The summed E-state index contributed by atoms with van der Waals surface area (Å²) in [6.07, 6.45) is 4.28. The largest absolute Gasteiger partial charge is 0.329 e. The number of hydrogen-bond donors (Lipinski definition) is 2. The summed E-state index contributed by atoms with van der Waals surface area (Å²) < 4.78 is 0. The van der Waals surface area contributed by atoms with Crippen molar-refractivity contribution in [2.75, 3.05) is 19.6 Å². The summed E-state index contributed by atoms with van der Waals surface area (Å²) in [5.41, 5.74) is 1.23. The van der Waals surface area contributed by atoms with Crippen LogP contribution >= 0.6 is 11.3 Å². The monoisotopic (exact) mass is 308 g/mol. The smallest absolute Gasteiger partial charge is 0.324 e. The van der Waals surface area contributed by atoms with Crippen molar-refractivity contribution in [3.63, 3.8) is 0 Å². The van der Waals surface area contributed by atoms with Gasteiger partial charge in [-0.3, -0.25) is 9.69 Å². The van der Waals surface area contributed by atoms with Crippen LogP contribution in [0.5, 0.6) is 0 Å². The van der Waals surface area contributed by atoms with Crippen LogP contribution in [0.1, 0.15) is 41.4 Å². The van der Waals surface area contributed by atoms with Crippen molar-refractivity contribution in [1.82, 2.24) is 20.5 Å². The first kappa shape index (κ1) is 14.5.